The Morgan fingerprint density at radius 2 is 1.82 bits per heavy atom. The van der Waals surface area contributed by atoms with Crippen LogP contribution in [0.2, 0.25) is 5.02 Å². The molecule has 0 spiro atoms. The summed E-state index contributed by atoms with van der Waals surface area (Å²) in [5.74, 6) is -5.59. The summed E-state index contributed by atoms with van der Waals surface area (Å²) in [5.41, 5.74) is -3.11. The molecular weight excluding hydrogens is 571 g/mol. The lowest BCUT2D eigenvalue weighted by Gasteiger charge is -2.45. The molecule has 4 rings (SSSR count). The zero-order valence-corrected chi connectivity index (χ0v) is 22.4. The van der Waals surface area contributed by atoms with Crippen molar-refractivity contribution in [2.45, 2.75) is 24.4 Å². The lowest BCUT2D eigenvalue weighted by molar-refractivity contribution is -0.285. The van der Waals surface area contributed by atoms with Gasteiger partial charge in [-0.25, -0.2) is 0 Å². The van der Waals surface area contributed by atoms with E-state index in [1.165, 1.54) is 35.7 Å². The minimum absolute atomic E-state index is 0.0183. The van der Waals surface area contributed by atoms with Gasteiger partial charge in [-0.2, -0.15) is 18.4 Å². The van der Waals surface area contributed by atoms with Crippen LogP contribution in [0.15, 0.2) is 82.7 Å². The summed E-state index contributed by atoms with van der Waals surface area (Å²) < 4.78 is 43.8. The maximum Gasteiger partial charge on any atom is 0.437 e. The Morgan fingerprint density at radius 1 is 1.13 bits per heavy atom. The lowest BCUT2D eigenvalue weighted by atomic mass is 9.70. The highest BCUT2D eigenvalue weighted by molar-refractivity contribution is 8.03. The number of hydrogen-bond donors (Lipinski definition) is 3. The van der Waals surface area contributed by atoms with E-state index in [1.54, 1.807) is 30.3 Å². The van der Waals surface area contributed by atoms with Gasteiger partial charge in [0.15, 0.2) is 5.78 Å². The highest BCUT2D eigenvalue weighted by Crippen LogP contribution is 2.52. The van der Waals surface area contributed by atoms with E-state index >= 15 is 0 Å². The van der Waals surface area contributed by atoms with Crippen LogP contribution in [-0.4, -0.2) is 34.5 Å². The third-order valence-electron chi connectivity index (χ3n) is 6.16. The normalized spacial score (nSPS) is 21.1. The minimum Gasteiger partial charge on any atom is -0.363 e. The monoisotopic (exact) mass is 591 g/mol. The third kappa shape index (κ3) is 5.99. The van der Waals surface area contributed by atoms with Crippen LogP contribution in [-0.2, 0) is 11.3 Å². The Morgan fingerprint density at radius 3 is 2.44 bits per heavy atom. The van der Waals surface area contributed by atoms with E-state index in [0.29, 0.717) is 11.8 Å². The number of rotatable bonds is 8. The molecule has 202 valence electrons. The van der Waals surface area contributed by atoms with Crippen molar-refractivity contribution < 1.29 is 27.9 Å². The van der Waals surface area contributed by atoms with Gasteiger partial charge in [0.05, 0.1) is 33.2 Å². The molecule has 0 bridgehead atoms. The molecule has 6 nitrogen and oxygen atoms in total. The number of halogens is 4. The lowest BCUT2D eigenvalue weighted by Crippen LogP contribution is -2.66. The molecule has 1 aliphatic rings. The SMILES string of the molecule is N#CC1=C(SCC(=O)NCc2ccccc2)N[C@](O)(C(F)(F)F)[C@@H](C(=O)c2cccs2)[C@H]1c1ccccc1Cl. The maximum absolute atomic E-state index is 14.6. The molecular formula is C27H21ClF3N3O3S2. The minimum atomic E-state index is -5.34. The van der Waals surface area contributed by atoms with Crippen molar-refractivity contribution in [3.8, 4) is 6.07 Å². The van der Waals surface area contributed by atoms with E-state index in [2.05, 4.69) is 5.32 Å². The van der Waals surface area contributed by atoms with Crippen LogP contribution in [0.1, 0.15) is 26.7 Å². The molecule has 12 heteroatoms. The van der Waals surface area contributed by atoms with Crippen LogP contribution < -0.4 is 10.6 Å². The van der Waals surface area contributed by atoms with Gasteiger partial charge in [0.2, 0.25) is 11.6 Å². The summed E-state index contributed by atoms with van der Waals surface area (Å²) >= 11 is 7.91. The average molecular weight is 592 g/mol. The number of aliphatic hydroxyl groups is 1. The number of nitrogens with zero attached hydrogens (tertiary/aromatic N) is 1. The van der Waals surface area contributed by atoms with Crippen molar-refractivity contribution in [3.63, 3.8) is 0 Å². The molecule has 0 unspecified atom stereocenters. The largest absolute Gasteiger partial charge is 0.437 e. The molecule has 0 fully saturated rings. The molecule has 0 radical (unpaired) electrons. The number of ketones is 1. The predicted molar refractivity (Wildman–Crippen MR) is 144 cm³/mol. The summed E-state index contributed by atoms with van der Waals surface area (Å²) in [6, 6.07) is 19.7. The maximum atomic E-state index is 14.6. The van der Waals surface area contributed by atoms with Crippen molar-refractivity contribution in [2.24, 2.45) is 5.92 Å². The summed E-state index contributed by atoms with van der Waals surface area (Å²) in [5, 5.41) is 27.2. The molecule has 1 aromatic heterocycles. The quantitative estimate of drug-likeness (QED) is 0.294. The Labute approximate surface area is 235 Å². The zero-order chi connectivity index (χ0) is 28.2. The van der Waals surface area contributed by atoms with E-state index in [0.717, 1.165) is 16.9 Å². The first kappa shape index (κ1) is 28.7. The fourth-order valence-electron chi connectivity index (χ4n) is 4.31. The number of carbonyl (C=O) groups excluding carboxylic acids is 2. The second kappa shape index (κ2) is 11.8. The highest BCUT2D eigenvalue weighted by atomic mass is 35.5. The van der Waals surface area contributed by atoms with E-state index < -0.39 is 35.4 Å². The smallest absolute Gasteiger partial charge is 0.363 e. The van der Waals surface area contributed by atoms with Crippen molar-refractivity contribution in [2.75, 3.05) is 5.75 Å². The molecule has 2 aromatic carbocycles. The van der Waals surface area contributed by atoms with Crippen molar-refractivity contribution in [3.05, 3.63) is 104 Å². The molecule has 2 heterocycles. The van der Waals surface area contributed by atoms with Crippen LogP contribution in [0.4, 0.5) is 13.2 Å². The first-order chi connectivity index (χ1) is 18.6. The molecule has 3 atom stereocenters. The van der Waals surface area contributed by atoms with Gasteiger partial charge in [0.25, 0.3) is 0 Å². The summed E-state index contributed by atoms with van der Waals surface area (Å²) in [6.07, 6.45) is -5.34. The summed E-state index contributed by atoms with van der Waals surface area (Å²) in [6.45, 7) is 0.198. The molecule has 1 amide bonds. The average Bonchev–Trinajstić information content (AvgIpc) is 3.45. The van der Waals surface area contributed by atoms with E-state index in [1.807, 2.05) is 17.5 Å². The first-order valence-electron chi connectivity index (χ1n) is 11.5. The molecule has 0 saturated heterocycles. The molecule has 39 heavy (non-hydrogen) atoms. The first-order valence-corrected chi connectivity index (χ1v) is 13.8. The topological polar surface area (TPSA) is 102 Å². The van der Waals surface area contributed by atoms with E-state index in [-0.39, 0.29) is 38.4 Å². The Bertz CT molecular complexity index is 1430. The summed E-state index contributed by atoms with van der Waals surface area (Å²) in [7, 11) is 0. The fourth-order valence-corrected chi connectivity index (χ4v) is 6.20. The Hall–Kier alpha value is -3.30. The van der Waals surface area contributed by atoms with Gasteiger partial charge in [0, 0.05) is 17.5 Å². The van der Waals surface area contributed by atoms with E-state index in [4.69, 9.17) is 11.6 Å². The number of thiophene rings is 1. The Kier molecular flexibility index (Phi) is 8.71. The summed E-state index contributed by atoms with van der Waals surface area (Å²) in [4.78, 5) is 26.0. The molecule has 3 N–H and O–H groups in total. The van der Waals surface area contributed by atoms with Crippen molar-refractivity contribution >= 4 is 46.4 Å². The number of thioether (sulfide) groups is 1. The Balaban J connectivity index is 1.75. The number of allylic oxidation sites excluding steroid dienone is 1. The van der Waals surface area contributed by atoms with Crippen molar-refractivity contribution in [1.29, 1.82) is 5.26 Å². The number of carbonyl (C=O) groups is 2. The van der Waals surface area contributed by atoms with Crippen LogP contribution in [0, 0.1) is 17.2 Å². The molecule has 0 saturated carbocycles. The standard InChI is InChI=1S/C27H21ClF3N3O3S2/c28-19-10-5-4-9-17(19)22-18(13-32)25(39-15-21(35)33-14-16-7-2-1-3-8-16)34-26(37,27(29,30)31)23(22)24(36)20-11-6-12-38-20/h1-12,22-23,34,37H,14-15H2,(H,33,35)/t22-,23+,26+/m0/s1. The number of amides is 1. The number of nitriles is 1. The molecule has 3 aromatic rings. The van der Waals surface area contributed by atoms with Gasteiger partial charge >= 0.3 is 6.18 Å². The molecule has 0 aliphatic carbocycles. The number of benzene rings is 2. The van der Waals surface area contributed by atoms with Gasteiger partial charge in [0.1, 0.15) is 0 Å². The van der Waals surface area contributed by atoms with E-state index in [9.17, 15) is 33.1 Å². The third-order valence-corrected chi connectivity index (χ3v) is 8.41. The van der Waals surface area contributed by atoms with Gasteiger partial charge in [-0.15, -0.1) is 11.3 Å². The van der Waals surface area contributed by atoms with Crippen LogP contribution >= 0.6 is 34.7 Å². The van der Waals surface area contributed by atoms with Gasteiger partial charge in [-0.1, -0.05) is 78.0 Å². The zero-order valence-electron chi connectivity index (χ0n) is 20.0. The number of Topliss-reactive ketones (excluding diaryl/α,β-unsaturated/α-hetero) is 1. The number of nitrogens with one attached hydrogen (secondary N) is 2. The van der Waals surface area contributed by atoms with Gasteiger partial charge in [-0.05, 0) is 28.6 Å². The second-order valence-electron chi connectivity index (χ2n) is 8.61. The molecule has 1 aliphatic heterocycles. The van der Waals surface area contributed by atoms with Gasteiger partial charge in [-0.3, -0.25) is 9.59 Å². The van der Waals surface area contributed by atoms with Crippen LogP contribution in [0.3, 0.4) is 0 Å². The second-order valence-corrected chi connectivity index (χ2v) is 11.0. The van der Waals surface area contributed by atoms with Crippen LogP contribution in [0.25, 0.3) is 0 Å². The number of hydrogen-bond acceptors (Lipinski definition) is 7. The fraction of sp³-hybridized carbons (Fsp3) is 0.222. The van der Waals surface area contributed by atoms with Gasteiger partial charge < -0.3 is 15.7 Å². The number of alkyl halides is 3. The predicted octanol–water partition coefficient (Wildman–Crippen LogP) is 5.62. The van der Waals surface area contributed by atoms with Crippen molar-refractivity contribution in [1.82, 2.24) is 10.6 Å². The highest BCUT2D eigenvalue weighted by Gasteiger charge is 2.66. The van der Waals surface area contributed by atoms with Crippen LogP contribution in [0.5, 0.6) is 0 Å².